The van der Waals surface area contributed by atoms with Crippen LogP contribution in [0, 0.1) is 0 Å². The van der Waals surface area contributed by atoms with E-state index in [1.165, 1.54) is 0 Å². The van der Waals surface area contributed by atoms with Crippen molar-refractivity contribution >= 4 is 29.2 Å². The molecule has 0 bridgehead atoms. The fourth-order valence-corrected chi connectivity index (χ4v) is 2.05. The Morgan fingerprint density at radius 2 is 2.17 bits per heavy atom. The van der Waals surface area contributed by atoms with E-state index in [4.69, 9.17) is 11.5 Å². The van der Waals surface area contributed by atoms with E-state index in [1.807, 2.05) is 42.8 Å². The number of benzene rings is 1. The molecule has 4 nitrogen and oxygen atoms in total. The molecule has 0 atom stereocenters. The summed E-state index contributed by atoms with van der Waals surface area (Å²) in [5.41, 5.74) is 17.3. The van der Waals surface area contributed by atoms with Gasteiger partial charge in [-0.1, -0.05) is 0 Å². The van der Waals surface area contributed by atoms with Crippen molar-refractivity contribution in [2.24, 2.45) is 10.7 Å². The molecule has 3 rings (SSSR count). The lowest BCUT2D eigenvalue weighted by atomic mass is 10.1. The van der Waals surface area contributed by atoms with Crippen molar-refractivity contribution in [1.29, 1.82) is 0 Å². The van der Waals surface area contributed by atoms with Crippen LogP contribution >= 0.6 is 0 Å². The Kier molecular flexibility index (Phi) is 2.50. The van der Waals surface area contributed by atoms with E-state index in [9.17, 15) is 0 Å². The Morgan fingerprint density at radius 3 is 2.94 bits per heavy atom. The number of aliphatic imine (C=N–C) groups is 1. The number of rotatable bonds is 2. The zero-order chi connectivity index (χ0) is 12.5. The lowest BCUT2D eigenvalue weighted by Gasteiger charge is -2.00. The highest BCUT2D eigenvalue weighted by Crippen LogP contribution is 2.33. The number of hydrogen-bond donors (Lipinski definition) is 3. The number of nitrogen functional groups attached to an aromatic ring is 1. The Balaban J connectivity index is 2.00. The zero-order valence-electron chi connectivity index (χ0n) is 9.85. The number of nitrogens with one attached hydrogen (secondary N) is 1. The number of allylic oxidation sites excluding steroid dienone is 1. The molecular formula is C14H14N4. The molecule has 2 aromatic rings. The molecule has 0 radical (unpaired) electrons. The predicted molar refractivity (Wildman–Crippen MR) is 75.6 cm³/mol. The minimum Gasteiger partial charge on any atom is -0.399 e. The van der Waals surface area contributed by atoms with Crippen LogP contribution in [0.1, 0.15) is 16.8 Å². The number of aromatic amines is 1. The van der Waals surface area contributed by atoms with Crippen LogP contribution in [-0.2, 0) is 6.54 Å². The topological polar surface area (TPSA) is 80.2 Å². The van der Waals surface area contributed by atoms with E-state index < -0.39 is 0 Å². The van der Waals surface area contributed by atoms with Crippen LogP contribution in [-0.4, -0.2) is 11.2 Å². The van der Waals surface area contributed by atoms with Crippen molar-refractivity contribution in [2.45, 2.75) is 6.54 Å². The second-order valence-electron chi connectivity index (χ2n) is 4.30. The van der Waals surface area contributed by atoms with E-state index >= 15 is 0 Å². The van der Waals surface area contributed by atoms with Crippen molar-refractivity contribution in [3.63, 3.8) is 0 Å². The summed E-state index contributed by atoms with van der Waals surface area (Å²) in [6, 6.07) is 7.77. The van der Waals surface area contributed by atoms with Gasteiger partial charge in [-0.3, -0.25) is 4.99 Å². The van der Waals surface area contributed by atoms with E-state index in [-0.39, 0.29) is 0 Å². The molecule has 0 aliphatic carbocycles. The molecule has 0 amide bonds. The van der Waals surface area contributed by atoms with Gasteiger partial charge in [-0.05, 0) is 35.9 Å². The lowest BCUT2D eigenvalue weighted by Crippen LogP contribution is -1.92. The van der Waals surface area contributed by atoms with Gasteiger partial charge in [0.2, 0.25) is 0 Å². The maximum Gasteiger partial charge on any atom is 0.0710 e. The van der Waals surface area contributed by atoms with Gasteiger partial charge < -0.3 is 16.5 Å². The second kappa shape index (κ2) is 4.16. The molecular weight excluding hydrogens is 224 g/mol. The number of anilines is 1. The SMILES string of the molecule is NCc1c[nH]c(C=C2C=Nc3ccc(N)cc32)c1. The third kappa shape index (κ3) is 1.83. The van der Waals surface area contributed by atoms with Gasteiger partial charge in [0, 0.05) is 41.5 Å². The first-order valence-corrected chi connectivity index (χ1v) is 5.79. The van der Waals surface area contributed by atoms with E-state index in [0.717, 1.165) is 33.8 Å². The number of nitrogens with two attached hydrogens (primary N) is 2. The Bertz CT molecular complexity index is 650. The summed E-state index contributed by atoms with van der Waals surface area (Å²) in [7, 11) is 0. The summed E-state index contributed by atoms with van der Waals surface area (Å²) >= 11 is 0. The van der Waals surface area contributed by atoms with Crippen LogP contribution in [0.15, 0.2) is 35.5 Å². The average Bonchev–Trinajstić information content (AvgIpc) is 2.97. The molecule has 0 unspecified atom stereocenters. The minimum atomic E-state index is 0.539. The first-order valence-electron chi connectivity index (χ1n) is 5.79. The molecule has 4 heteroatoms. The maximum absolute atomic E-state index is 5.80. The Labute approximate surface area is 105 Å². The van der Waals surface area contributed by atoms with E-state index in [2.05, 4.69) is 9.98 Å². The summed E-state index contributed by atoms with van der Waals surface area (Å²) in [4.78, 5) is 7.54. The van der Waals surface area contributed by atoms with Gasteiger partial charge in [0.05, 0.1) is 5.69 Å². The predicted octanol–water partition coefficient (Wildman–Crippen LogP) is 2.31. The van der Waals surface area contributed by atoms with E-state index in [1.54, 1.807) is 0 Å². The van der Waals surface area contributed by atoms with Crippen LogP contribution < -0.4 is 11.5 Å². The first kappa shape index (κ1) is 10.8. The average molecular weight is 238 g/mol. The smallest absolute Gasteiger partial charge is 0.0710 e. The van der Waals surface area contributed by atoms with E-state index in [0.29, 0.717) is 6.54 Å². The fourth-order valence-electron chi connectivity index (χ4n) is 2.05. The minimum absolute atomic E-state index is 0.539. The quantitative estimate of drug-likeness (QED) is 0.702. The number of nitrogens with zero attached hydrogens (tertiary/aromatic N) is 1. The van der Waals surface area contributed by atoms with Gasteiger partial charge in [0.25, 0.3) is 0 Å². The van der Waals surface area contributed by atoms with Crippen LogP contribution in [0.3, 0.4) is 0 Å². The molecule has 1 aliphatic heterocycles. The van der Waals surface area contributed by atoms with Crippen molar-refractivity contribution in [3.8, 4) is 0 Å². The molecule has 0 saturated heterocycles. The molecule has 1 aromatic carbocycles. The van der Waals surface area contributed by atoms with Crippen LogP contribution in [0.5, 0.6) is 0 Å². The molecule has 0 fully saturated rings. The fraction of sp³-hybridized carbons (Fsp3) is 0.0714. The Morgan fingerprint density at radius 1 is 1.28 bits per heavy atom. The van der Waals surface area contributed by atoms with Crippen molar-refractivity contribution in [2.75, 3.05) is 5.73 Å². The molecule has 0 spiro atoms. The van der Waals surface area contributed by atoms with Gasteiger partial charge in [-0.25, -0.2) is 0 Å². The van der Waals surface area contributed by atoms with Crippen molar-refractivity contribution in [3.05, 3.63) is 47.3 Å². The van der Waals surface area contributed by atoms with Gasteiger partial charge in [0.15, 0.2) is 0 Å². The van der Waals surface area contributed by atoms with Gasteiger partial charge >= 0.3 is 0 Å². The zero-order valence-corrected chi connectivity index (χ0v) is 9.85. The highest BCUT2D eigenvalue weighted by Gasteiger charge is 2.12. The molecule has 18 heavy (non-hydrogen) atoms. The van der Waals surface area contributed by atoms with Gasteiger partial charge in [-0.2, -0.15) is 0 Å². The number of H-pyrrole nitrogens is 1. The summed E-state index contributed by atoms with van der Waals surface area (Å²) < 4.78 is 0. The van der Waals surface area contributed by atoms with Crippen LogP contribution in [0.4, 0.5) is 11.4 Å². The maximum atomic E-state index is 5.80. The van der Waals surface area contributed by atoms with Crippen LogP contribution in [0.25, 0.3) is 11.6 Å². The highest BCUT2D eigenvalue weighted by atomic mass is 14.8. The normalized spacial score (nSPS) is 15.3. The summed E-state index contributed by atoms with van der Waals surface area (Å²) in [5, 5.41) is 0. The lowest BCUT2D eigenvalue weighted by molar-refractivity contribution is 1.07. The third-order valence-corrected chi connectivity index (χ3v) is 2.99. The summed E-state index contributed by atoms with van der Waals surface area (Å²) in [6.45, 7) is 0.539. The standard InChI is InChI=1S/C14H14N4/c15-6-9-3-12(17-7-9)4-10-8-18-14-2-1-11(16)5-13(10)14/h1-5,7-8,17H,6,15-16H2. The molecule has 1 aromatic heterocycles. The summed E-state index contributed by atoms with van der Waals surface area (Å²) in [5.74, 6) is 0. The van der Waals surface area contributed by atoms with Crippen molar-refractivity contribution in [1.82, 2.24) is 4.98 Å². The molecule has 2 heterocycles. The van der Waals surface area contributed by atoms with Crippen LogP contribution in [0.2, 0.25) is 0 Å². The molecule has 1 aliphatic rings. The molecule has 0 saturated carbocycles. The number of fused-ring (bicyclic) bond motifs is 1. The second-order valence-corrected chi connectivity index (χ2v) is 4.30. The summed E-state index contributed by atoms with van der Waals surface area (Å²) in [6.07, 6.45) is 5.82. The number of aromatic nitrogens is 1. The third-order valence-electron chi connectivity index (χ3n) is 2.99. The highest BCUT2D eigenvalue weighted by molar-refractivity contribution is 6.21. The number of hydrogen-bond acceptors (Lipinski definition) is 3. The molecule has 90 valence electrons. The monoisotopic (exact) mass is 238 g/mol. The van der Waals surface area contributed by atoms with Gasteiger partial charge in [-0.15, -0.1) is 0 Å². The Hall–Kier alpha value is -2.33. The largest absolute Gasteiger partial charge is 0.399 e. The van der Waals surface area contributed by atoms with Crippen molar-refractivity contribution < 1.29 is 0 Å². The molecule has 5 N–H and O–H groups in total. The first-order chi connectivity index (χ1) is 8.76. The van der Waals surface area contributed by atoms with Gasteiger partial charge in [0.1, 0.15) is 0 Å².